The van der Waals surface area contributed by atoms with Crippen molar-refractivity contribution in [2.75, 3.05) is 4.90 Å². The highest BCUT2D eigenvalue weighted by Crippen LogP contribution is 2.65. The van der Waals surface area contributed by atoms with Crippen LogP contribution in [0.5, 0.6) is 0 Å². The summed E-state index contributed by atoms with van der Waals surface area (Å²) in [6.45, 7) is 2.09. The summed E-state index contributed by atoms with van der Waals surface area (Å²) < 4.78 is 0. The minimum absolute atomic E-state index is 0.0739. The molecule has 4 aliphatic rings. The van der Waals surface area contributed by atoms with Crippen molar-refractivity contribution in [3.63, 3.8) is 0 Å². The third-order valence-corrected chi connectivity index (χ3v) is 7.67. The molecule has 2 amide bonds. The van der Waals surface area contributed by atoms with Crippen LogP contribution in [0.1, 0.15) is 41.5 Å². The van der Waals surface area contributed by atoms with Gasteiger partial charge in [0.25, 0.3) is 5.69 Å². The molecule has 7 rings (SSSR count). The van der Waals surface area contributed by atoms with Crippen LogP contribution < -0.4 is 4.90 Å². The van der Waals surface area contributed by atoms with E-state index in [9.17, 15) is 19.7 Å². The second-order valence-corrected chi connectivity index (χ2v) is 8.77. The molecule has 2 bridgehead atoms. The summed E-state index contributed by atoms with van der Waals surface area (Å²) in [7, 11) is 0. The van der Waals surface area contributed by atoms with Crippen LogP contribution in [0.25, 0.3) is 0 Å². The van der Waals surface area contributed by atoms with Crippen LogP contribution in [0.2, 0.25) is 0 Å². The number of hydrogen-bond acceptors (Lipinski definition) is 4. The first-order valence-electron chi connectivity index (χ1n) is 10.8. The van der Waals surface area contributed by atoms with Crippen LogP contribution in [0, 0.1) is 22.0 Å². The number of anilines is 1. The maximum Gasteiger partial charge on any atom is 0.269 e. The van der Waals surface area contributed by atoms with Crippen molar-refractivity contribution in [1.82, 2.24) is 0 Å². The van der Waals surface area contributed by atoms with Gasteiger partial charge in [0.2, 0.25) is 11.8 Å². The van der Waals surface area contributed by atoms with Crippen molar-refractivity contribution in [3.8, 4) is 0 Å². The Morgan fingerprint density at radius 2 is 1.44 bits per heavy atom. The van der Waals surface area contributed by atoms with Gasteiger partial charge in [0.1, 0.15) is 0 Å². The summed E-state index contributed by atoms with van der Waals surface area (Å²) in [5.41, 5.74) is 4.27. The Labute approximate surface area is 184 Å². The van der Waals surface area contributed by atoms with E-state index >= 15 is 0 Å². The molecular weight excluding hydrogens is 404 g/mol. The molecule has 1 aliphatic heterocycles. The van der Waals surface area contributed by atoms with Gasteiger partial charge in [-0.3, -0.25) is 19.7 Å². The Hall–Kier alpha value is -3.80. The van der Waals surface area contributed by atoms with E-state index in [1.807, 2.05) is 24.3 Å². The van der Waals surface area contributed by atoms with Gasteiger partial charge in [-0.15, -0.1) is 0 Å². The number of nitrogens with zero attached hydrogens (tertiary/aromatic N) is 2. The number of hydrogen-bond donors (Lipinski definition) is 0. The van der Waals surface area contributed by atoms with Gasteiger partial charge < -0.3 is 0 Å². The van der Waals surface area contributed by atoms with E-state index in [-0.39, 0.29) is 23.4 Å². The van der Waals surface area contributed by atoms with Crippen molar-refractivity contribution >= 4 is 23.2 Å². The fourth-order valence-electron chi connectivity index (χ4n) is 6.51. The molecule has 2 atom stereocenters. The van der Waals surface area contributed by atoms with Gasteiger partial charge in [-0.1, -0.05) is 55.5 Å². The quantitative estimate of drug-likeness (QED) is 0.351. The van der Waals surface area contributed by atoms with E-state index in [1.165, 1.54) is 29.2 Å². The molecule has 3 aromatic rings. The number of nitro groups is 1. The first kappa shape index (κ1) is 18.9. The number of rotatable bonds is 3. The number of amides is 2. The van der Waals surface area contributed by atoms with E-state index in [0.717, 1.165) is 22.3 Å². The fraction of sp³-hybridized carbons (Fsp3) is 0.231. The molecule has 0 saturated carbocycles. The zero-order chi connectivity index (χ0) is 22.2. The topological polar surface area (TPSA) is 80.5 Å². The first-order chi connectivity index (χ1) is 15.5. The van der Waals surface area contributed by atoms with Gasteiger partial charge in [0.15, 0.2) is 0 Å². The normalized spacial score (nSPS) is 27.2. The van der Waals surface area contributed by atoms with Crippen molar-refractivity contribution in [3.05, 3.63) is 105 Å². The van der Waals surface area contributed by atoms with Crippen molar-refractivity contribution in [1.29, 1.82) is 0 Å². The lowest BCUT2D eigenvalue weighted by atomic mass is 9.46. The van der Waals surface area contributed by atoms with Crippen molar-refractivity contribution in [2.45, 2.75) is 24.7 Å². The maximum atomic E-state index is 13.9. The molecule has 0 aromatic heterocycles. The standard InChI is InChI=1S/C26H20N2O4/c1-2-26-19-9-5-3-7-17(19)21(18-8-4-6-10-20(18)26)22-23(26)25(30)27(24(22)29)15-11-13-16(14-12-15)28(31)32/h3-14,21-23H,2H2,1H3/t21?,22-,23-,26?/m1/s1. The van der Waals surface area contributed by atoms with Gasteiger partial charge in [-0.2, -0.15) is 0 Å². The lowest BCUT2D eigenvalue weighted by molar-refractivity contribution is -0.384. The summed E-state index contributed by atoms with van der Waals surface area (Å²) in [6.07, 6.45) is 0.696. The first-order valence-corrected chi connectivity index (χ1v) is 10.8. The lowest BCUT2D eigenvalue weighted by Crippen LogP contribution is -2.53. The highest BCUT2D eigenvalue weighted by molar-refractivity contribution is 6.23. The van der Waals surface area contributed by atoms with E-state index in [4.69, 9.17) is 0 Å². The molecule has 3 aliphatic carbocycles. The molecule has 158 valence electrons. The second kappa shape index (κ2) is 6.36. The summed E-state index contributed by atoms with van der Waals surface area (Å²) in [4.78, 5) is 39.5. The molecule has 6 nitrogen and oxygen atoms in total. The minimum Gasteiger partial charge on any atom is -0.274 e. The molecule has 6 heteroatoms. The number of nitro benzene ring substituents is 1. The molecule has 0 unspecified atom stereocenters. The monoisotopic (exact) mass is 424 g/mol. The number of imide groups is 1. The molecule has 0 radical (unpaired) electrons. The van der Waals surface area contributed by atoms with Crippen LogP contribution in [0.3, 0.4) is 0 Å². The molecule has 0 spiro atoms. The fourth-order valence-corrected chi connectivity index (χ4v) is 6.51. The van der Waals surface area contributed by atoms with Gasteiger partial charge in [-0.25, -0.2) is 4.90 Å². The van der Waals surface area contributed by atoms with Crippen LogP contribution in [-0.2, 0) is 15.0 Å². The highest BCUT2D eigenvalue weighted by atomic mass is 16.6. The summed E-state index contributed by atoms with van der Waals surface area (Å²) in [6, 6.07) is 22.0. The summed E-state index contributed by atoms with van der Waals surface area (Å²) >= 11 is 0. The molecular formula is C26H20N2O4. The van der Waals surface area contributed by atoms with Crippen LogP contribution in [0.4, 0.5) is 11.4 Å². The molecule has 1 heterocycles. The average Bonchev–Trinajstić information content (AvgIpc) is 3.10. The summed E-state index contributed by atoms with van der Waals surface area (Å²) in [5.74, 6) is -1.60. The predicted octanol–water partition coefficient (Wildman–Crippen LogP) is 4.56. The lowest BCUT2D eigenvalue weighted by Gasteiger charge is -2.54. The SMILES string of the molecule is CCC12c3ccccc3C(c3ccccc31)[C@H]1C(=O)N(c3ccc([N+](=O)[O-])cc3)C(=O)[C@@H]12. The zero-order valence-corrected chi connectivity index (χ0v) is 17.4. The number of non-ortho nitro benzene ring substituents is 1. The third-order valence-electron chi connectivity index (χ3n) is 7.67. The largest absolute Gasteiger partial charge is 0.274 e. The Kier molecular flexibility index (Phi) is 3.76. The Bertz CT molecular complexity index is 1270. The van der Waals surface area contributed by atoms with Crippen LogP contribution >= 0.6 is 0 Å². The molecule has 1 fully saturated rings. The average molecular weight is 424 g/mol. The van der Waals surface area contributed by atoms with Gasteiger partial charge in [0, 0.05) is 23.5 Å². The van der Waals surface area contributed by atoms with Crippen LogP contribution in [-0.4, -0.2) is 16.7 Å². The Balaban J connectivity index is 1.58. The zero-order valence-electron chi connectivity index (χ0n) is 17.4. The van der Waals surface area contributed by atoms with E-state index in [0.29, 0.717) is 12.1 Å². The number of benzene rings is 3. The van der Waals surface area contributed by atoms with Crippen LogP contribution in [0.15, 0.2) is 72.8 Å². The van der Waals surface area contributed by atoms with Gasteiger partial charge in [-0.05, 0) is 40.8 Å². The highest BCUT2D eigenvalue weighted by Gasteiger charge is 2.67. The molecule has 1 saturated heterocycles. The Morgan fingerprint density at radius 3 is 1.97 bits per heavy atom. The van der Waals surface area contributed by atoms with Gasteiger partial charge >= 0.3 is 0 Å². The molecule has 0 N–H and O–H groups in total. The van der Waals surface area contributed by atoms with Gasteiger partial charge in [0.05, 0.1) is 22.4 Å². The molecule has 32 heavy (non-hydrogen) atoms. The maximum absolute atomic E-state index is 13.9. The van der Waals surface area contributed by atoms with E-state index in [1.54, 1.807) is 0 Å². The smallest absolute Gasteiger partial charge is 0.269 e. The van der Waals surface area contributed by atoms with Crippen molar-refractivity contribution in [2.24, 2.45) is 11.8 Å². The third kappa shape index (κ3) is 2.09. The second-order valence-electron chi connectivity index (χ2n) is 8.77. The number of carbonyl (C=O) groups is 2. The Morgan fingerprint density at radius 1 is 0.875 bits per heavy atom. The number of carbonyl (C=O) groups excluding carboxylic acids is 2. The summed E-state index contributed by atoms with van der Waals surface area (Å²) in [5, 5.41) is 11.1. The molecule has 3 aromatic carbocycles. The van der Waals surface area contributed by atoms with Crippen molar-refractivity contribution < 1.29 is 14.5 Å². The minimum atomic E-state index is -0.575. The predicted molar refractivity (Wildman–Crippen MR) is 118 cm³/mol. The van der Waals surface area contributed by atoms with E-state index < -0.39 is 22.2 Å². The van der Waals surface area contributed by atoms with E-state index in [2.05, 4.69) is 31.2 Å².